The summed E-state index contributed by atoms with van der Waals surface area (Å²) in [6.45, 7) is 0. The largest absolute Gasteiger partial charge is 0.229 e. The summed E-state index contributed by atoms with van der Waals surface area (Å²) in [4.78, 5) is 0. The zero-order valence-electron chi connectivity index (χ0n) is 4.88. The van der Waals surface area contributed by atoms with Crippen molar-refractivity contribution in [3.05, 3.63) is 11.9 Å². The molecular weight excluding hydrogens is 174 g/mol. The molecule has 0 bridgehead atoms. The standard InChI is InChI=1S/C6H4F2S2/c7-2-1-3-5(9-3)6(8)4(2)10-6/h1,3-5H. The third kappa shape index (κ3) is 0.515. The Morgan fingerprint density at radius 3 is 3.20 bits per heavy atom. The van der Waals surface area contributed by atoms with Gasteiger partial charge in [-0.05, 0) is 6.08 Å². The second-order valence-electron chi connectivity index (χ2n) is 2.77. The number of hydrogen-bond donors (Lipinski definition) is 0. The van der Waals surface area contributed by atoms with Gasteiger partial charge in [-0.2, -0.15) is 0 Å². The summed E-state index contributed by atoms with van der Waals surface area (Å²) in [5.74, 6) is -0.237. The van der Waals surface area contributed by atoms with E-state index in [2.05, 4.69) is 0 Å². The minimum Gasteiger partial charge on any atom is -0.229 e. The third-order valence-electron chi connectivity index (χ3n) is 2.09. The van der Waals surface area contributed by atoms with Crippen LogP contribution in [0.4, 0.5) is 8.78 Å². The van der Waals surface area contributed by atoms with Crippen molar-refractivity contribution in [3.8, 4) is 0 Å². The van der Waals surface area contributed by atoms with Gasteiger partial charge >= 0.3 is 0 Å². The van der Waals surface area contributed by atoms with E-state index >= 15 is 0 Å². The van der Waals surface area contributed by atoms with Crippen molar-refractivity contribution in [2.45, 2.75) is 20.8 Å². The zero-order valence-corrected chi connectivity index (χ0v) is 6.51. The molecule has 0 aromatic heterocycles. The van der Waals surface area contributed by atoms with Crippen LogP contribution in [0.1, 0.15) is 0 Å². The highest BCUT2D eigenvalue weighted by Gasteiger charge is 2.73. The number of halogens is 2. The van der Waals surface area contributed by atoms with Gasteiger partial charge in [-0.3, -0.25) is 0 Å². The molecule has 0 N–H and O–H groups in total. The minimum atomic E-state index is -1.21. The molecule has 0 nitrogen and oxygen atoms in total. The number of hydrogen-bond acceptors (Lipinski definition) is 2. The smallest absolute Gasteiger partial charge is 0.188 e. The second-order valence-corrected chi connectivity index (χ2v) is 5.43. The van der Waals surface area contributed by atoms with Crippen LogP contribution in [-0.4, -0.2) is 20.8 Å². The number of thioether (sulfide) groups is 2. The van der Waals surface area contributed by atoms with Crippen molar-refractivity contribution in [1.82, 2.24) is 0 Å². The van der Waals surface area contributed by atoms with Crippen LogP contribution in [0.2, 0.25) is 0 Å². The van der Waals surface area contributed by atoms with Gasteiger partial charge in [0.1, 0.15) is 11.1 Å². The molecule has 0 aromatic rings. The average Bonchev–Trinajstić information content (AvgIpc) is 2.61. The molecule has 2 aliphatic heterocycles. The molecule has 4 unspecified atom stereocenters. The van der Waals surface area contributed by atoms with Crippen LogP contribution >= 0.6 is 23.5 Å². The first kappa shape index (κ1) is 5.89. The second kappa shape index (κ2) is 1.41. The number of alkyl halides is 1. The zero-order chi connectivity index (χ0) is 6.93. The molecule has 0 amide bonds. The summed E-state index contributed by atoms with van der Waals surface area (Å²) < 4.78 is 26.0. The molecule has 4 atom stereocenters. The highest BCUT2D eigenvalue weighted by Crippen LogP contribution is 2.73. The molecule has 10 heavy (non-hydrogen) atoms. The average molecular weight is 178 g/mol. The lowest BCUT2D eigenvalue weighted by molar-refractivity contribution is 0.323. The van der Waals surface area contributed by atoms with Crippen LogP contribution in [0.15, 0.2) is 11.9 Å². The molecule has 2 fully saturated rings. The Bertz CT molecular complexity index is 240. The molecule has 4 heteroatoms. The van der Waals surface area contributed by atoms with Gasteiger partial charge in [-0.25, -0.2) is 8.78 Å². The highest BCUT2D eigenvalue weighted by atomic mass is 32.2. The molecule has 0 aromatic carbocycles. The van der Waals surface area contributed by atoms with E-state index in [0.717, 1.165) is 11.8 Å². The van der Waals surface area contributed by atoms with Gasteiger partial charge in [0.25, 0.3) is 0 Å². The van der Waals surface area contributed by atoms with Crippen LogP contribution in [-0.2, 0) is 0 Å². The summed E-state index contributed by atoms with van der Waals surface area (Å²) in [5, 5.41) is -1.43. The third-order valence-corrected chi connectivity index (χ3v) is 4.97. The minimum absolute atomic E-state index is 0.0713. The first-order valence-corrected chi connectivity index (χ1v) is 4.93. The molecule has 2 saturated heterocycles. The van der Waals surface area contributed by atoms with Crippen molar-refractivity contribution in [2.24, 2.45) is 0 Å². The van der Waals surface area contributed by atoms with Gasteiger partial charge in [0, 0.05) is 5.25 Å². The molecule has 2 heterocycles. The van der Waals surface area contributed by atoms with E-state index in [-0.39, 0.29) is 16.3 Å². The lowest BCUT2D eigenvalue weighted by Crippen LogP contribution is -2.20. The normalized spacial score (nSPS) is 62.2. The molecule has 0 saturated carbocycles. The quantitative estimate of drug-likeness (QED) is 0.521. The predicted molar refractivity (Wildman–Crippen MR) is 39.6 cm³/mol. The molecule has 1 aliphatic carbocycles. The van der Waals surface area contributed by atoms with Gasteiger partial charge in [0.05, 0.1) is 5.25 Å². The fourth-order valence-electron chi connectivity index (χ4n) is 1.42. The van der Waals surface area contributed by atoms with E-state index in [1.165, 1.54) is 11.8 Å². The maximum atomic E-state index is 13.3. The van der Waals surface area contributed by atoms with Crippen LogP contribution in [0.3, 0.4) is 0 Å². The monoisotopic (exact) mass is 178 g/mol. The van der Waals surface area contributed by atoms with E-state index in [0.29, 0.717) is 0 Å². The van der Waals surface area contributed by atoms with Crippen molar-refractivity contribution in [2.75, 3.05) is 0 Å². The maximum Gasteiger partial charge on any atom is 0.188 e. The summed E-state index contributed by atoms with van der Waals surface area (Å²) >= 11 is 2.67. The van der Waals surface area contributed by atoms with Crippen molar-refractivity contribution < 1.29 is 8.78 Å². The Morgan fingerprint density at radius 2 is 2.40 bits per heavy atom. The van der Waals surface area contributed by atoms with Crippen LogP contribution < -0.4 is 0 Å². The van der Waals surface area contributed by atoms with Crippen LogP contribution in [0.5, 0.6) is 0 Å². The Morgan fingerprint density at radius 1 is 1.60 bits per heavy atom. The first-order valence-electron chi connectivity index (χ1n) is 3.11. The van der Waals surface area contributed by atoms with Crippen molar-refractivity contribution >= 4 is 23.5 Å². The molecule has 54 valence electrons. The van der Waals surface area contributed by atoms with Gasteiger partial charge < -0.3 is 0 Å². The van der Waals surface area contributed by atoms with E-state index in [4.69, 9.17) is 0 Å². The Labute approximate surface area is 65.4 Å². The molecular formula is C6H4F2S2. The Hall–Kier alpha value is 0.300. The van der Waals surface area contributed by atoms with Crippen molar-refractivity contribution in [3.63, 3.8) is 0 Å². The van der Waals surface area contributed by atoms with E-state index in [1.807, 2.05) is 0 Å². The molecule has 3 aliphatic rings. The summed E-state index contributed by atoms with van der Waals surface area (Å²) in [6, 6.07) is 0. The summed E-state index contributed by atoms with van der Waals surface area (Å²) in [6.07, 6.45) is 1.57. The van der Waals surface area contributed by atoms with E-state index in [1.54, 1.807) is 6.08 Å². The number of fused-ring (bicyclic) bond motifs is 3. The van der Waals surface area contributed by atoms with Crippen LogP contribution in [0.25, 0.3) is 0 Å². The predicted octanol–water partition coefficient (Wildman–Crippen LogP) is 2.12. The lowest BCUT2D eigenvalue weighted by Gasteiger charge is -2.04. The fourth-order valence-corrected chi connectivity index (χ4v) is 4.00. The molecule has 0 radical (unpaired) electrons. The van der Waals surface area contributed by atoms with Crippen molar-refractivity contribution in [1.29, 1.82) is 0 Å². The molecule has 3 rings (SSSR count). The SMILES string of the molecule is FC1=CC2SC2C2(F)SC12. The number of rotatable bonds is 0. The highest BCUT2D eigenvalue weighted by molar-refractivity contribution is 8.13. The fraction of sp³-hybridized carbons (Fsp3) is 0.667. The van der Waals surface area contributed by atoms with Crippen LogP contribution in [0, 0.1) is 0 Å². The lowest BCUT2D eigenvalue weighted by atomic mass is 10.1. The molecule has 0 spiro atoms. The maximum absolute atomic E-state index is 13.3. The van der Waals surface area contributed by atoms with Gasteiger partial charge in [-0.15, -0.1) is 23.5 Å². The first-order chi connectivity index (χ1) is 4.72. The topological polar surface area (TPSA) is 0 Å². The van der Waals surface area contributed by atoms with Gasteiger partial charge in [-0.1, -0.05) is 0 Å². The Kier molecular flexibility index (Phi) is 0.832. The van der Waals surface area contributed by atoms with E-state index < -0.39 is 10.3 Å². The summed E-state index contributed by atoms with van der Waals surface area (Å²) in [7, 11) is 0. The summed E-state index contributed by atoms with van der Waals surface area (Å²) in [5.41, 5.74) is 0. The van der Waals surface area contributed by atoms with Gasteiger partial charge in [0.15, 0.2) is 5.00 Å². The van der Waals surface area contributed by atoms with E-state index in [9.17, 15) is 8.78 Å². The Balaban J connectivity index is 2.06. The van der Waals surface area contributed by atoms with Gasteiger partial charge in [0.2, 0.25) is 0 Å².